The van der Waals surface area contributed by atoms with Gasteiger partial charge in [-0.1, -0.05) is 35.4 Å². The molecule has 0 bridgehead atoms. The van der Waals surface area contributed by atoms with Gasteiger partial charge in [0.25, 0.3) is 5.91 Å². The molecule has 0 aliphatic heterocycles. The zero-order chi connectivity index (χ0) is 21.8. The summed E-state index contributed by atoms with van der Waals surface area (Å²) in [7, 11) is 1.91. The van der Waals surface area contributed by atoms with E-state index in [1.54, 1.807) is 24.3 Å². The van der Waals surface area contributed by atoms with E-state index in [4.69, 9.17) is 11.6 Å². The Morgan fingerprint density at radius 2 is 1.90 bits per heavy atom. The second-order valence-corrected chi connectivity index (χ2v) is 7.78. The van der Waals surface area contributed by atoms with Gasteiger partial charge >= 0.3 is 0 Å². The van der Waals surface area contributed by atoms with E-state index < -0.39 is 0 Å². The molecule has 6 nitrogen and oxygen atoms in total. The molecule has 0 atom stereocenters. The minimum atomic E-state index is -0.284. The molecule has 3 rings (SSSR count). The number of aliphatic imine (C=N–C) groups is 1. The molecular weight excluding hydrogens is 398 g/mol. The Balaban J connectivity index is 1.90. The summed E-state index contributed by atoms with van der Waals surface area (Å²) in [5.74, 6) is 0.0859. The van der Waals surface area contributed by atoms with Gasteiger partial charge in [0.1, 0.15) is 0 Å². The largest absolute Gasteiger partial charge is 0.326 e. The summed E-state index contributed by atoms with van der Waals surface area (Å²) in [6.07, 6.45) is 0. The average molecular weight is 424 g/mol. The fraction of sp³-hybridized carbons (Fsp3) is 0.261. The molecule has 156 valence electrons. The smallest absolute Gasteiger partial charge is 0.258 e. The number of aromatic nitrogens is 2. The Labute approximate surface area is 182 Å². The summed E-state index contributed by atoms with van der Waals surface area (Å²) >= 11 is 6.03. The van der Waals surface area contributed by atoms with Crippen LogP contribution in [-0.4, -0.2) is 21.6 Å². The Kier molecular flexibility index (Phi) is 6.57. The summed E-state index contributed by atoms with van der Waals surface area (Å²) in [4.78, 5) is 17.4. The fourth-order valence-corrected chi connectivity index (χ4v) is 3.40. The van der Waals surface area contributed by atoms with Crippen LogP contribution in [0, 0.1) is 27.7 Å². The SMILES string of the molecule is Cc1ccc(NC(=NCc2c(C)nn(C)c2C)NC(=O)c2cccc(Cl)c2)c(C)c1. The van der Waals surface area contributed by atoms with E-state index in [9.17, 15) is 4.79 Å². The zero-order valence-corrected chi connectivity index (χ0v) is 18.6. The molecule has 0 radical (unpaired) electrons. The number of anilines is 1. The minimum absolute atomic E-state index is 0.284. The van der Waals surface area contributed by atoms with Gasteiger partial charge in [0.05, 0.1) is 12.2 Å². The molecule has 2 aromatic carbocycles. The van der Waals surface area contributed by atoms with Crippen LogP contribution in [0.2, 0.25) is 5.02 Å². The first-order chi connectivity index (χ1) is 14.2. The molecule has 0 unspecified atom stereocenters. The molecule has 0 aliphatic rings. The predicted molar refractivity (Wildman–Crippen MR) is 122 cm³/mol. The number of guanidine groups is 1. The molecule has 1 aromatic heterocycles. The molecule has 0 saturated heterocycles. The van der Waals surface area contributed by atoms with Crippen molar-refractivity contribution in [1.29, 1.82) is 0 Å². The van der Waals surface area contributed by atoms with Crippen molar-refractivity contribution in [3.8, 4) is 0 Å². The van der Waals surface area contributed by atoms with Gasteiger partial charge in [-0.15, -0.1) is 0 Å². The van der Waals surface area contributed by atoms with E-state index >= 15 is 0 Å². The second-order valence-electron chi connectivity index (χ2n) is 7.35. The van der Waals surface area contributed by atoms with E-state index in [2.05, 4.69) is 26.8 Å². The minimum Gasteiger partial charge on any atom is -0.326 e. The third-order valence-corrected chi connectivity index (χ3v) is 5.24. The van der Waals surface area contributed by atoms with Crippen LogP contribution in [0.4, 0.5) is 5.69 Å². The second kappa shape index (κ2) is 9.13. The number of hydrogen-bond donors (Lipinski definition) is 2. The highest BCUT2D eigenvalue weighted by Gasteiger charge is 2.13. The summed E-state index contributed by atoms with van der Waals surface area (Å²) in [6, 6.07) is 12.9. The van der Waals surface area contributed by atoms with Gasteiger partial charge in [-0.25, -0.2) is 4.99 Å². The van der Waals surface area contributed by atoms with Crippen molar-refractivity contribution in [3.05, 3.63) is 81.1 Å². The van der Waals surface area contributed by atoms with Gasteiger partial charge in [0.15, 0.2) is 0 Å². The van der Waals surface area contributed by atoms with Crippen molar-refractivity contribution in [2.75, 3.05) is 5.32 Å². The van der Waals surface area contributed by atoms with Gasteiger partial charge < -0.3 is 5.32 Å². The summed E-state index contributed by atoms with van der Waals surface area (Å²) in [5, 5.41) is 11.1. The molecule has 1 amide bonds. The highest BCUT2D eigenvalue weighted by molar-refractivity contribution is 6.31. The quantitative estimate of drug-likeness (QED) is 0.471. The summed E-state index contributed by atoms with van der Waals surface area (Å²) in [6.45, 7) is 8.42. The Hall–Kier alpha value is -3.12. The number of nitrogens with zero attached hydrogens (tertiary/aromatic N) is 3. The standard InChI is InChI=1S/C23H26ClN5O/c1-14-9-10-21(15(2)11-14)26-23(25-13-20-16(3)28-29(5)17(20)4)27-22(30)18-7-6-8-19(24)12-18/h6-12H,13H2,1-5H3,(H2,25,26,27,30). The van der Waals surface area contributed by atoms with Crippen LogP contribution in [0.3, 0.4) is 0 Å². The first-order valence-corrected chi connectivity index (χ1v) is 10.1. The maximum atomic E-state index is 12.8. The lowest BCUT2D eigenvalue weighted by atomic mass is 10.1. The van der Waals surface area contributed by atoms with Gasteiger partial charge in [-0.2, -0.15) is 5.10 Å². The number of amides is 1. The van der Waals surface area contributed by atoms with Gasteiger partial charge in [-0.3, -0.25) is 14.8 Å². The molecule has 0 aliphatic carbocycles. The third kappa shape index (κ3) is 5.07. The lowest BCUT2D eigenvalue weighted by Gasteiger charge is -2.14. The molecule has 3 aromatic rings. The number of rotatable bonds is 4. The molecule has 7 heteroatoms. The topological polar surface area (TPSA) is 71.3 Å². The Morgan fingerprint density at radius 1 is 1.13 bits per heavy atom. The first kappa shape index (κ1) is 21.6. The number of nitrogens with one attached hydrogen (secondary N) is 2. The van der Waals surface area contributed by atoms with Crippen LogP contribution in [0.1, 0.15) is 38.4 Å². The zero-order valence-electron chi connectivity index (χ0n) is 17.9. The lowest BCUT2D eigenvalue weighted by molar-refractivity contribution is 0.0977. The summed E-state index contributed by atoms with van der Waals surface area (Å²) in [5.41, 5.74) is 6.58. The predicted octanol–water partition coefficient (Wildman–Crippen LogP) is 4.71. The van der Waals surface area contributed by atoms with E-state index in [0.717, 1.165) is 28.2 Å². The highest BCUT2D eigenvalue weighted by Crippen LogP contribution is 2.17. The average Bonchev–Trinajstić information content (AvgIpc) is 2.93. The van der Waals surface area contributed by atoms with Gasteiger partial charge in [0.2, 0.25) is 5.96 Å². The molecular formula is C23H26ClN5O. The maximum Gasteiger partial charge on any atom is 0.258 e. The number of benzene rings is 2. The highest BCUT2D eigenvalue weighted by atomic mass is 35.5. The Morgan fingerprint density at radius 3 is 2.53 bits per heavy atom. The van der Waals surface area contributed by atoms with Gasteiger partial charge in [0, 0.05) is 34.6 Å². The van der Waals surface area contributed by atoms with Crippen LogP contribution in [0.5, 0.6) is 0 Å². The van der Waals surface area contributed by atoms with Crippen molar-refractivity contribution < 1.29 is 4.79 Å². The molecule has 2 N–H and O–H groups in total. The van der Waals surface area contributed by atoms with E-state index in [1.165, 1.54) is 5.56 Å². The maximum absolute atomic E-state index is 12.8. The summed E-state index contributed by atoms with van der Waals surface area (Å²) < 4.78 is 1.84. The van der Waals surface area contributed by atoms with Crippen molar-refractivity contribution in [1.82, 2.24) is 15.1 Å². The van der Waals surface area contributed by atoms with Crippen LogP contribution in [0.25, 0.3) is 0 Å². The molecule has 0 spiro atoms. The fourth-order valence-electron chi connectivity index (χ4n) is 3.21. The number of aryl methyl sites for hydroxylation is 4. The van der Waals surface area contributed by atoms with Crippen molar-refractivity contribution in [2.24, 2.45) is 12.0 Å². The van der Waals surface area contributed by atoms with Crippen LogP contribution >= 0.6 is 11.6 Å². The van der Waals surface area contributed by atoms with Crippen molar-refractivity contribution >= 4 is 29.2 Å². The molecule has 30 heavy (non-hydrogen) atoms. The third-order valence-electron chi connectivity index (χ3n) is 5.01. The van der Waals surface area contributed by atoms with Crippen LogP contribution in [0.15, 0.2) is 47.5 Å². The van der Waals surface area contributed by atoms with E-state index in [-0.39, 0.29) is 5.91 Å². The first-order valence-electron chi connectivity index (χ1n) is 9.69. The van der Waals surface area contributed by atoms with Crippen LogP contribution in [-0.2, 0) is 13.6 Å². The number of carbonyl (C=O) groups excluding carboxylic acids is 1. The van der Waals surface area contributed by atoms with E-state index in [1.807, 2.05) is 51.6 Å². The van der Waals surface area contributed by atoms with Crippen molar-refractivity contribution in [3.63, 3.8) is 0 Å². The lowest BCUT2D eigenvalue weighted by Crippen LogP contribution is -2.36. The monoisotopic (exact) mass is 423 g/mol. The Bertz CT molecular complexity index is 1120. The molecule has 0 saturated carbocycles. The molecule has 0 fully saturated rings. The van der Waals surface area contributed by atoms with Gasteiger partial charge in [-0.05, 0) is 57.5 Å². The number of halogens is 1. The number of carbonyl (C=O) groups is 1. The molecule has 1 heterocycles. The normalized spacial score (nSPS) is 11.5. The van der Waals surface area contributed by atoms with Crippen LogP contribution < -0.4 is 10.6 Å². The van der Waals surface area contributed by atoms with Crippen molar-refractivity contribution in [2.45, 2.75) is 34.2 Å². The van der Waals surface area contributed by atoms with E-state index in [0.29, 0.717) is 23.1 Å². The number of hydrogen-bond acceptors (Lipinski definition) is 3.